The first-order valence-electron chi connectivity index (χ1n) is 12.6. The summed E-state index contributed by atoms with van der Waals surface area (Å²) in [4.78, 5) is 29.1. The number of halogens is 3. The van der Waals surface area contributed by atoms with Crippen LogP contribution in [0.3, 0.4) is 0 Å². The number of allylic oxidation sites excluding steroid dienone is 5. The van der Waals surface area contributed by atoms with Crippen LogP contribution in [0.15, 0.2) is 83.1 Å². The van der Waals surface area contributed by atoms with Crippen molar-refractivity contribution < 1.29 is 32.6 Å². The number of aromatic nitrogens is 1. The highest BCUT2D eigenvalue weighted by molar-refractivity contribution is 8.02. The zero-order valence-corrected chi connectivity index (χ0v) is 23.6. The summed E-state index contributed by atoms with van der Waals surface area (Å²) in [7, 11) is 0. The van der Waals surface area contributed by atoms with Gasteiger partial charge in [-0.1, -0.05) is 42.5 Å². The summed E-state index contributed by atoms with van der Waals surface area (Å²) < 4.78 is 42.1. The van der Waals surface area contributed by atoms with Crippen molar-refractivity contribution in [3.05, 3.63) is 111 Å². The van der Waals surface area contributed by atoms with Gasteiger partial charge in [-0.05, 0) is 66.1 Å². The topological polar surface area (TPSA) is 88.5 Å². The van der Waals surface area contributed by atoms with Gasteiger partial charge in [-0.2, -0.15) is 0 Å². The Morgan fingerprint density at radius 2 is 1.85 bits per heavy atom. The van der Waals surface area contributed by atoms with Crippen LogP contribution in [0.5, 0.6) is 5.75 Å². The van der Waals surface area contributed by atoms with Crippen molar-refractivity contribution in [1.29, 1.82) is 0 Å². The van der Waals surface area contributed by atoms with E-state index in [-0.39, 0.29) is 30.5 Å². The Balaban J connectivity index is 1.58. The molecular formula is C30H27F3N2O4S2. The molecule has 0 saturated carbocycles. The number of nitrogens with zero attached hydrogens (tertiary/aromatic N) is 1. The number of hydrogen-bond donors (Lipinski definition) is 2. The minimum atomic E-state index is -4.78. The minimum Gasteiger partial charge on any atom is -0.481 e. The zero-order chi connectivity index (χ0) is 29.4. The molecule has 1 heterocycles. The second-order valence-electron chi connectivity index (χ2n) is 9.11. The van der Waals surface area contributed by atoms with Gasteiger partial charge in [-0.25, -0.2) is 4.98 Å². The van der Waals surface area contributed by atoms with Gasteiger partial charge in [0.15, 0.2) is 0 Å². The molecule has 214 valence electrons. The van der Waals surface area contributed by atoms with Crippen molar-refractivity contribution in [3.8, 4) is 5.75 Å². The van der Waals surface area contributed by atoms with E-state index in [1.165, 1.54) is 23.5 Å². The summed E-state index contributed by atoms with van der Waals surface area (Å²) in [5, 5.41) is 14.1. The fourth-order valence-electron chi connectivity index (χ4n) is 4.19. The molecule has 0 spiro atoms. The van der Waals surface area contributed by atoms with Crippen LogP contribution in [0.4, 0.5) is 13.2 Å². The third-order valence-corrected chi connectivity index (χ3v) is 7.95. The number of amides is 1. The number of carbonyl (C=O) groups is 2. The maximum absolute atomic E-state index is 12.7. The SMILES string of the molecule is CSC1=CC=C(c2csc(C(Cc3ccc(C(=O)NCCC(=O)O)cc3)c3ccc(OC(F)(F)F)cc3)n2)CC=C1. The molecule has 1 atom stereocenters. The number of aliphatic carboxylic acids is 1. The lowest BCUT2D eigenvalue weighted by Crippen LogP contribution is -2.25. The number of alkyl halides is 3. The number of carboxylic acid groups (broad SMARTS) is 1. The number of rotatable bonds is 11. The smallest absolute Gasteiger partial charge is 0.481 e. The summed E-state index contributed by atoms with van der Waals surface area (Å²) in [6, 6.07) is 12.7. The fourth-order valence-corrected chi connectivity index (χ4v) is 5.60. The standard InChI is InChI=1S/C30H27F3N2O4S2/c1-40-24-4-2-3-21(11-14-24)26-18-41-29(35-26)25(20-9-12-23(13-10-20)39-30(31,32)33)17-19-5-7-22(8-6-19)28(38)34-16-15-27(36)37/h2,4-14,18,25H,3,15-17H2,1H3,(H,34,38)(H,36,37). The molecule has 1 aliphatic rings. The van der Waals surface area contributed by atoms with Crippen LogP contribution in [0, 0.1) is 0 Å². The Hall–Kier alpha value is -3.83. The minimum absolute atomic E-state index is 0.0268. The van der Waals surface area contributed by atoms with Crippen LogP contribution in [0.25, 0.3) is 5.57 Å². The van der Waals surface area contributed by atoms with Crippen molar-refractivity contribution >= 4 is 40.5 Å². The zero-order valence-electron chi connectivity index (χ0n) is 22.0. The summed E-state index contributed by atoms with van der Waals surface area (Å²) >= 11 is 3.15. The average Bonchev–Trinajstić information content (AvgIpc) is 3.29. The highest BCUT2D eigenvalue weighted by atomic mass is 32.2. The molecule has 1 amide bonds. The lowest BCUT2D eigenvalue weighted by atomic mass is 9.92. The Morgan fingerprint density at radius 3 is 2.51 bits per heavy atom. The highest BCUT2D eigenvalue weighted by Gasteiger charge is 2.31. The summed E-state index contributed by atoms with van der Waals surface area (Å²) in [5.41, 5.74) is 3.98. The number of thioether (sulfide) groups is 1. The van der Waals surface area contributed by atoms with E-state index >= 15 is 0 Å². The Labute approximate surface area is 243 Å². The molecule has 6 nitrogen and oxygen atoms in total. The van der Waals surface area contributed by atoms with E-state index in [0.717, 1.165) is 38.7 Å². The third kappa shape index (κ3) is 8.83. The molecular weight excluding hydrogens is 573 g/mol. The predicted octanol–water partition coefficient (Wildman–Crippen LogP) is 7.21. The van der Waals surface area contributed by atoms with Gasteiger partial charge in [-0.15, -0.1) is 36.3 Å². The maximum Gasteiger partial charge on any atom is 0.573 e. The number of ether oxygens (including phenoxy) is 1. The van der Waals surface area contributed by atoms with Gasteiger partial charge < -0.3 is 15.2 Å². The third-order valence-electron chi connectivity index (χ3n) is 6.25. The van der Waals surface area contributed by atoms with E-state index in [9.17, 15) is 22.8 Å². The molecule has 4 rings (SSSR count). The molecule has 2 aromatic carbocycles. The van der Waals surface area contributed by atoms with Gasteiger partial charge >= 0.3 is 12.3 Å². The van der Waals surface area contributed by atoms with Crippen molar-refractivity contribution in [3.63, 3.8) is 0 Å². The van der Waals surface area contributed by atoms with Crippen LogP contribution in [-0.2, 0) is 11.2 Å². The normalized spacial score (nSPS) is 14.0. The number of thiazole rings is 1. The van der Waals surface area contributed by atoms with Gasteiger partial charge in [0.2, 0.25) is 0 Å². The first-order chi connectivity index (χ1) is 19.6. The summed E-state index contributed by atoms with van der Waals surface area (Å²) in [5.74, 6) is -1.93. The van der Waals surface area contributed by atoms with Crippen molar-refractivity contribution in [2.75, 3.05) is 12.8 Å². The number of carboxylic acids is 1. The molecule has 1 unspecified atom stereocenters. The predicted molar refractivity (Wildman–Crippen MR) is 155 cm³/mol. The van der Waals surface area contributed by atoms with Crippen LogP contribution < -0.4 is 10.1 Å². The average molecular weight is 601 g/mol. The molecule has 0 radical (unpaired) electrons. The quantitative estimate of drug-likeness (QED) is 0.242. The largest absolute Gasteiger partial charge is 0.573 e. The first-order valence-corrected chi connectivity index (χ1v) is 14.7. The van der Waals surface area contributed by atoms with E-state index in [1.807, 2.05) is 23.8 Å². The summed E-state index contributed by atoms with van der Waals surface area (Å²) in [6.45, 7) is 0.0268. The molecule has 0 saturated heterocycles. The van der Waals surface area contributed by atoms with Crippen molar-refractivity contribution in [2.45, 2.75) is 31.5 Å². The molecule has 0 bridgehead atoms. The molecule has 1 aromatic heterocycles. The van der Waals surface area contributed by atoms with Gasteiger partial charge in [0, 0.05) is 28.3 Å². The van der Waals surface area contributed by atoms with Gasteiger partial charge in [-0.3, -0.25) is 9.59 Å². The molecule has 0 aliphatic heterocycles. The Morgan fingerprint density at radius 1 is 1.12 bits per heavy atom. The monoisotopic (exact) mass is 600 g/mol. The Bertz CT molecular complexity index is 1460. The van der Waals surface area contributed by atoms with E-state index in [2.05, 4.69) is 34.4 Å². The number of hydrogen-bond acceptors (Lipinski definition) is 6. The fraction of sp³-hybridized carbons (Fsp3) is 0.233. The lowest BCUT2D eigenvalue weighted by Gasteiger charge is -2.17. The summed E-state index contributed by atoms with van der Waals surface area (Å²) in [6.07, 6.45) is 6.57. The van der Waals surface area contributed by atoms with Gasteiger partial charge in [0.25, 0.3) is 5.91 Å². The van der Waals surface area contributed by atoms with E-state index < -0.39 is 12.3 Å². The molecule has 3 aromatic rings. The van der Waals surface area contributed by atoms with E-state index in [0.29, 0.717) is 12.0 Å². The second kappa shape index (κ2) is 13.7. The van der Waals surface area contributed by atoms with Crippen LogP contribution in [0.2, 0.25) is 0 Å². The van der Waals surface area contributed by atoms with Crippen molar-refractivity contribution in [1.82, 2.24) is 10.3 Å². The maximum atomic E-state index is 12.7. The number of nitrogens with one attached hydrogen (secondary N) is 1. The molecule has 0 fully saturated rings. The van der Waals surface area contributed by atoms with Crippen LogP contribution in [-0.4, -0.2) is 41.1 Å². The molecule has 41 heavy (non-hydrogen) atoms. The number of carbonyl (C=O) groups excluding carboxylic acids is 1. The molecule has 1 aliphatic carbocycles. The molecule has 2 N–H and O–H groups in total. The van der Waals surface area contributed by atoms with Gasteiger partial charge in [0.05, 0.1) is 12.1 Å². The van der Waals surface area contributed by atoms with E-state index in [4.69, 9.17) is 10.1 Å². The second-order valence-corrected chi connectivity index (χ2v) is 10.9. The lowest BCUT2D eigenvalue weighted by molar-refractivity contribution is -0.274. The number of benzene rings is 2. The van der Waals surface area contributed by atoms with Gasteiger partial charge in [0.1, 0.15) is 10.8 Å². The van der Waals surface area contributed by atoms with Crippen molar-refractivity contribution in [2.24, 2.45) is 0 Å². The van der Waals surface area contributed by atoms with Crippen LogP contribution in [0.1, 0.15) is 50.9 Å². The highest BCUT2D eigenvalue weighted by Crippen LogP contribution is 2.35. The first kappa shape index (κ1) is 30.1. The van der Waals surface area contributed by atoms with E-state index in [1.54, 1.807) is 36.0 Å². The Kier molecular flexibility index (Phi) is 10.1. The van der Waals surface area contributed by atoms with Crippen LogP contribution >= 0.6 is 23.1 Å². The molecule has 11 heteroatoms.